The Morgan fingerprint density at radius 2 is 2.20 bits per heavy atom. The molecule has 1 N–H and O–H groups in total. The van der Waals surface area contributed by atoms with Gasteiger partial charge in [0.1, 0.15) is 5.75 Å². The van der Waals surface area contributed by atoms with Crippen LogP contribution in [-0.2, 0) is 6.54 Å². The van der Waals surface area contributed by atoms with E-state index in [0.29, 0.717) is 12.3 Å². The molecule has 0 saturated carbocycles. The molecule has 1 heterocycles. The van der Waals surface area contributed by atoms with Crippen LogP contribution in [0.15, 0.2) is 41.1 Å². The minimum atomic E-state index is -0.374. The fourth-order valence-electron chi connectivity index (χ4n) is 1.77. The van der Waals surface area contributed by atoms with Gasteiger partial charge in [0.05, 0.1) is 6.20 Å². The van der Waals surface area contributed by atoms with Gasteiger partial charge in [-0.3, -0.25) is 4.98 Å². The second-order valence-corrected chi connectivity index (χ2v) is 5.26. The van der Waals surface area contributed by atoms with E-state index in [-0.39, 0.29) is 11.6 Å². The number of nitrogens with zero attached hydrogens (tertiary/aromatic N) is 1. The first-order chi connectivity index (χ1) is 9.70. The van der Waals surface area contributed by atoms with Crippen molar-refractivity contribution in [1.82, 2.24) is 10.3 Å². The van der Waals surface area contributed by atoms with Gasteiger partial charge < -0.3 is 10.1 Å². The minimum Gasteiger partial charge on any atom is -0.452 e. The lowest BCUT2D eigenvalue weighted by molar-refractivity contribution is 0.431. The quantitative estimate of drug-likeness (QED) is 0.798. The van der Waals surface area contributed by atoms with Crippen LogP contribution in [0, 0.1) is 5.82 Å². The van der Waals surface area contributed by atoms with E-state index in [1.807, 2.05) is 6.07 Å². The van der Waals surface area contributed by atoms with Crippen LogP contribution in [0.2, 0.25) is 0 Å². The molecule has 0 unspecified atom stereocenters. The molecule has 20 heavy (non-hydrogen) atoms. The minimum absolute atomic E-state index is 0.246. The van der Waals surface area contributed by atoms with Gasteiger partial charge in [0.2, 0.25) is 0 Å². The van der Waals surface area contributed by atoms with Crippen molar-refractivity contribution in [2.24, 2.45) is 0 Å². The highest BCUT2D eigenvalue weighted by atomic mass is 79.9. The molecule has 0 amide bonds. The molecule has 0 aliphatic rings. The van der Waals surface area contributed by atoms with Crippen LogP contribution in [0.4, 0.5) is 4.39 Å². The van der Waals surface area contributed by atoms with Crippen molar-refractivity contribution in [2.45, 2.75) is 19.9 Å². The Bertz CT molecular complexity index is 578. The van der Waals surface area contributed by atoms with Crippen molar-refractivity contribution in [3.8, 4) is 11.5 Å². The molecule has 106 valence electrons. The van der Waals surface area contributed by atoms with Crippen LogP contribution in [-0.4, -0.2) is 11.5 Å². The van der Waals surface area contributed by atoms with Crippen LogP contribution >= 0.6 is 15.9 Å². The zero-order valence-corrected chi connectivity index (χ0v) is 12.8. The number of benzene rings is 1. The van der Waals surface area contributed by atoms with Crippen molar-refractivity contribution >= 4 is 15.9 Å². The van der Waals surface area contributed by atoms with Gasteiger partial charge >= 0.3 is 0 Å². The summed E-state index contributed by atoms with van der Waals surface area (Å²) in [5.74, 6) is 0.373. The van der Waals surface area contributed by atoms with Gasteiger partial charge in [-0.2, -0.15) is 0 Å². The number of rotatable bonds is 6. The molecule has 1 aromatic carbocycles. The van der Waals surface area contributed by atoms with Crippen LogP contribution < -0.4 is 10.1 Å². The first-order valence-electron chi connectivity index (χ1n) is 6.47. The molecule has 3 nitrogen and oxygen atoms in total. The highest BCUT2D eigenvalue weighted by molar-refractivity contribution is 9.10. The first kappa shape index (κ1) is 14.9. The fourth-order valence-corrected chi connectivity index (χ4v) is 2.12. The van der Waals surface area contributed by atoms with Gasteiger partial charge in [-0.05, 0) is 41.0 Å². The number of ether oxygens (including phenoxy) is 1. The molecule has 0 fully saturated rings. The predicted molar refractivity (Wildman–Crippen MR) is 80.4 cm³/mol. The Kier molecular flexibility index (Phi) is 5.49. The van der Waals surface area contributed by atoms with E-state index in [4.69, 9.17) is 4.74 Å². The number of hydrogen-bond donors (Lipinski definition) is 1. The molecule has 0 spiro atoms. The summed E-state index contributed by atoms with van der Waals surface area (Å²) in [5.41, 5.74) is 0.790. The predicted octanol–water partition coefficient (Wildman–Crippen LogP) is 4.28. The van der Waals surface area contributed by atoms with Gasteiger partial charge in [0, 0.05) is 22.8 Å². The highest BCUT2D eigenvalue weighted by Crippen LogP contribution is 2.29. The molecule has 1 aromatic heterocycles. The van der Waals surface area contributed by atoms with Gasteiger partial charge in [0.15, 0.2) is 11.6 Å². The summed E-state index contributed by atoms with van der Waals surface area (Å²) in [6, 6.07) is 6.68. The van der Waals surface area contributed by atoms with Gasteiger partial charge in [0.25, 0.3) is 0 Å². The standard InChI is InChI=1S/C15H16BrFN2O/c1-2-6-18-8-11-4-3-5-14(17)15(11)20-13-7-12(16)9-19-10-13/h3-5,7,9-10,18H,2,6,8H2,1H3. The summed E-state index contributed by atoms with van der Waals surface area (Å²) in [7, 11) is 0. The zero-order chi connectivity index (χ0) is 14.4. The second-order valence-electron chi connectivity index (χ2n) is 4.35. The number of pyridine rings is 1. The maximum absolute atomic E-state index is 14.0. The molecule has 0 atom stereocenters. The second kappa shape index (κ2) is 7.36. The third-order valence-corrected chi connectivity index (χ3v) is 3.12. The van der Waals surface area contributed by atoms with Crippen LogP contribution in [0.5, 0.6) is 11.5 Å². The molecular weight excluding hydrogens is 323 g/mol. The number of hydrogen-bond acceptors (Lipinski definition) is 3. The molecule has 2 rings (SSSR count). The van der Waals surface area contributed by atoms with Crippen LogP contribution in [0.3, 0.4) is 0 Å². The number of para-hydroxylation sites is 1. The maximum atomic E-state index is 14.0. The average molecular weight is 339 g/mol. The molecular formula is C15H16BrFN2O. The van der Waals surface area contributed by atoms with E-state index < -0.39 is 0 Å². The lowest BCUT2D eigenvalue weighted by Gasteiger charge is -2.12. The van der Waals surface area contributed by atoms with Crippen molar-refractivity contribution in [1.29, 1.82) is 0 Å². The third-order valence-electron chi connectivity index (χ3n) is 2.69. The largest absolute Gasteiger partial charge is 0.452 e. The Morgan fingerprint density at radius 1 is 1.35 bits per heavy atom. The lowest BCUT2D eigenvalue weighted by Crippen LogP contribution is -2.14. The Balaban J connectivity index is 2.21. The Hall–Kier alpha value is -1.46. The zero-order valence-electron chi connectivity index (χ0n) is 11.2. The third kappa shape index (κ3) is 4.02. The van der Waals surface area contributed by atoms with Gasteiger partial charge in [-0.25, -0.2) is 4.39 Å². The summed E-state index contributed by atoms with van der Waals surface area (Å²) >= 11 is 3.32. The van der Waals surface area contributed by atoms with Crippen molar-refractivity contribution in [2.75, 3.05) is 6.54 Å². The van der Waals surface area contributed by atoms with E-state index in [0.717, 1.165) is 23.0 Å². The van der Waals surface area contributed by atoms with E-state index in [9.17, 15) is 4.39 Å². The van der Waals surface area contributed by atoms with Gasteiger partial charge in [-0.15, -0.1) is 0 Å². The van der Waals surface area contributed by atoms with E-state index >= 15 is 0 Å². The normalized spacial score (nSPS) is 10.6. The summed E-state index contributed by atoms with van der Waals surface area (Å²) in [6.45, 7) is 3.54. The number of aromatic nitrogens is 1. The number of halogens is 2. The highest BCUT2D eigenvalue weighted by Gasteiger charge is 2.11. The molecule has 0 aliphatic carbocycles. The van der Waals surface area contributed by atoms with E-state index in [1.54, 1.807) is 24.5 Å². The summed E-state index contributed by atoms with van der Waals surface area (Å²) in [4.78, 5) is 4.01. The molecule has 0 saturated heterocycles. The van der Waals surface area contributed by atoms with Gasteiger partial charge in [-0.1, -0.05) is 19.1 Å². The Morgan fingerprint density at radius 3 is 2.95 bits per heavy atom. The summed E-state index contributed by atoms with van der Waals surface area (Å²) < 4.78 is 20.4. The molecule has 0 radical (unpaired) electrons. The summed E-state index contributed by atoms with van der Waals surface area (Å²) in [5, 5.41) is 3.24. The average Bonchev–Trinajstić information content (AvgIpc) is 2.43. The van der Waals surface area contributed by atoms with E-state index in [2.05, 4.69) is 33.2 Å². The van der Waals surface area contributed by atoms with E-state index in [1.165, 1.54) is 6.07 Å². The number of nitrogens with one attached hydrogen (secondary N) is 1. The van der Waals surface area contributed by atoms with Crippen molar-refractivity contribution in [3.05, 3.63) is 52.5 Å². The fraction of sp³-hybridized carbons (Fsp3) is 0.267. The molecule has 0 aliphatic heterocycles. The SMILES string of the molecule is CCCNCc1cccc(F)c1Oc1cncc(Br)c1. The molecule has 2 aromatic rings. The lowest BCUT2D eigenvalue weighted by atomic mass is 10.2. The van der Waals surface area contributed by atoms with Crippen LogP contribution in [0.1, 0.15) is 18.9 Å². The molecule has 5 heteroatoms. The topological polar surface area (TPSA) is 34.1 Å². The van der Waals surface area contributed by atoms with Crippen molar-refractivity contribution in [3.63, 3.8) is 0 Å². The van der Waals surface area contributed by atoms with Crippen LogP contribution in [0.25, 0.3) is 0 Å². The summed E-state index contributed by atoms with van der Waals surface area (Å²) in [6.07, 6.45) is 4.24. The maximum Gasteiger partial charge on any atom is 0.167 e. The smallest absolute Gasteiger partial charge is 0.167 e. The molecule has 0 bridgehead atoms. The Labute approximate surface area is 126 Å². The monoisotopic (exact) mass is 338 g/mol. The van der Waals surface area contributed by atoms with Crippen molar-refractivity contribution < 1.29 is 9.13 Å². The first-order valence-corrected chi connectivity index (χ1v) is 7.26.